The smallest absolute Gasteiger partial charge is 0.339 e. The molecular weight excluding hydrogens is 320 g/mol. The molecule has 6 nitrogen and oxygen atoms in total. The van der Waals surface area contributed by atoms with E-state index in [1.165, 1.54) is 19.3 Å². The highest BCUT2D eigenvalue weighted by Crippen LogP contribution is 2.18. The molecule has 6 heteroatoms. The summed E-state index contributed by atoms with van der Waals surface area (Å²) in [6.45, 7) is 0. The number of para-hydroxylation sites is 1. The maximum atomic E-state index is 12.4. The maximum absolute atomic E-state index is 12.4. The van der Waals surface area contributed by atoms with Gasteiger partial charge in [0.15, 0.2) is 0 Å². The quantitative estimate of drug-likeness (QED) is 0.515. The van der Waals surface area contributed by atoms with Crippen LogP contribution in [-0.2, 0) is 9.53 Å². The zero-order valence-electron chi connectivity index (χ0n) is 13.8. The number of rotatable bonds is 5. The summed E-state index contributed by atoms with van der Waals surface area (Å²) >= 11 is 0. The van der Waals surface area contributed by atoms with Crippen LogP contribution in [0, 0.1) is 11.3 Å². The Hall–Kier alpha value is -3.59. The number of hydrogen-bond acceptors (Lipinski definition) is 5. The number of anilines is 1. The monoisotopic (exact) mass is 336 g/mol. The van der Waals surface area contributed by atoms with Gasteiger partial charge < -0.3 is 14.8 Å². The first kappa shape index (κ1) is 17.8. The fourth-order valence-corrected chi connectivity index (χ4v) is 2.09. The molecule has 0 aromatic heterocycles. The SMILES string of the molecule is COC(=O)c1ccccc1NC(=O)C(C#N)=Cc1ccc(OC)cc1. The molecular formula is C19H16N2O4. The number of methoxy groups -OCH3 is 2. The van der Waals surface area contributed by atoms with Crippen LogP contribution in [-0.4, -0.2) is 26.1 Å². The second-order valence-electron chi connectivity index (χ2n) is 4.93. The summed E-state index contributed by atoms with van der Waals surface area (Å²) in [5.74, 6) is -0.518. The number of benzene rings is 2. The van der Waals surface area contributed by atoms with Crippen molar-refractivity contribution < 1.29 is 19.1 Å². The van der Waals surface area contributed by atoms with E-state index < -0.39 is 11.9 Å². The lowest BCUT2D eigenvalue weighted by atomic mass is 10.1. The summed E-state index contributed by atoms with van der Waals surface area (Å²) in [6, 6.07) is 15.2. The molecule has 0 heterocycles. The third-order valence-electron chi connectivity index (χ3n) is 3.37. The van der Waals surface area contributed by atoms with Crippen LogP contribution in [0.5, 0.6) is 5.75 Å². The third kappa shape index (κ3) is 4.45. The number of hydrogen-bond donors (Lipinski definition) is 1. The molecule has 0 aliphatic rings. The highest BCUT2D eigenvalue weighted by atomic mass is 16.5. The summed E-state index contributed by atoms with van der Waals surface area (Å²) in [6.07, 6.45) is 1.45. The van der Waals surface area contributed by atoms with Crippen molar-refractivity contribution >= 4 is 23.6 Å². The van der Waals surface area contributed by atoms with Gasteiger partial charge in [-0.25, -0.2) is 4.79 Å². The van der Waals surface area contributed by atoms with Gasteiger partial charge in [0.25, 0.3) is 5.91 Å². The van der Waals surface area contributed by atoms with E-state index in [1.807, 2.05) is 6.07 Å². The minimum absolute atomic E-state index is 0.0927. The number of nitrogens with one attached hydrogen (secondary N) is 1. The van der Waals surface area contributed by atoms with Crippen LogP contribution in [0.1, 0.15) is 15.9 Å². The van der Waals surface area contributed by atoms with Gasteiger partial charge in [-0.3, -0.25) is 4.79 Å². The van der Waals surface area contributed by atoms with Gasteiger partial charge in [-0.1, -0.05) is 24.3 Å². The fourth-order valence-electron chi connectivity index (χ4n) is 2.09. The first-order valence-corrected chi connectivity index (χ1v) is 7.33. The molecule has 0 saturated carbocycles. The third-order valence-corrected chi connectivity index (χ3v) is 3.37. The molecule has 0 fully saturated rings. The van der Waals surface area contributed by atoms with E-state index in [0.717, 1.165) is 0 Å². The van der Waals surface area contributed by atoms with Crippen LogP contribution in [0.4, 0.5) is 5.69 Å². The molecule has 0 atom stereocenters. The minimum Gasteiger partial charge on any atom is -0.497 e. The van der Waals surface area contributed by atoms with Crippen LogP contribution < -0.4 is 10.1 Å². The Morgan fingerprint density at radius 2 is 1.76 bits per heavy atom. The zero-order valence-corrected chi connectivity index (χ0v) is 13.8. The molecule has 1 N–H and O–H groups in total. The Labute approximate surface area is 145 Å². The molecule has 0 aliphatic heterocycles. The highest BCUT2D eigenvalue weighted by molar-refractivity contribution is 6.11. The van der Waals surface area contributed by atoms with Gasteiger partial charge in [0.05, 0.1) is 25.5 Å². The van der Waals surface area contributed by atoms with Crippen molar-refractivity contribution in [2.45, 2.75) is 0 Å². The van der Waals surface area contributed by atoms with Gasteiger partial charge in [-0.2, -0.15) is 5.26 Å². The summed E-state index contributed by atoms with van der Waals surface area (Å²) in [4.78, 5) is 24.1. The van der Waals surface area contributed by atoms with Crippen molar-refractivity contribution in [3.8, 4) is 11.8 Å². The number of esters is 1. The first-order valence-electron chi connectivity index (χ1n) is 7.33. The van der Waals surface area contributed by atoms with Crippen molar-refractivity contribution in [2.75, 3.05) is 19.5 Å². The van der Waals surface area contributed by atoms with Gasteiger partial charge in [0, 0.05) is 0 Å². The van der Waals surface area contributed by atoms with Crippen LogP contribution in [0.15, 0.2) is 54.1 Å². The van der Waals surface area contributed by atoms with Crippen LogP contribution in [0.25, 0.3) is 6.08 Å². The predicted octanol–water partition coefficient (Wildman–Crippen LogP) is 3.03. The predicted molar refractivity (Wildman–Crippen MR) is 93.0 cm³/mol. The second kappa shape index (κ2) is 8.31. The number of carbonyl (C=O) groups is 2. The number of nitrogens with zero attached hydrogens (tertiary/aromatic N) is 1. The van der Waals surface area contributed by atoms with E-state index in [2.05, 4.69) is 10.1 Å². The maximum Gasteiger partial charge on any atom is 0.339 e. The standard InChI is InChI=1S/C19H16N2O4/c1-24-15-9-7-13(8-10-15)11-14(12-20)18(22)21-17-6-4-3-5-16(17)19(23)25-2/h3-11H,1-2H3,(H,21,22). The Kier molecular flexibility index (Phi) is 5.91. The number of nitriles is 1. The van der Waals surface area contributed by atoms with Crippen molar-refractivity contribution in [1.82, 2.24) is 0 Å². The van der Waals surface area contributed by atoms with Gasteiger partial charge in [-0.15, -0.1) is 0 Å². The van der Waals surface area contributed by atoms with Gasteiger partial charge in [0.2, 0.25) is 0 Å². The molecule has 2 aromatic rings. The van der Waals surface area contributed by atoms with Crippen molar-refractivity contribution in [3.05, 3.63) is 65.2 Å². The topological polar surface area (TPSA) is 88.4 Å². The Balaban J connectivity index is 2.25. The molecule has 0 unspecified atom stereocenters. The number of carbonyl (C=O) groups excluding carboxylic acids is 2. The molecule has 2 rings (SSSR count). The van der Waals surface area contributed by atoms with Crippen molar-refractivity contribution in [3.63, 3.8) is 0 Å². The Bertz CT molecular complexity index is 848. The largest absolute Gasteiger partial charge is 0.497 e. The Morgan fingerprint density at radius 3 is 2.36 bits per heavy atom. The molecule has 1 amide bonds. The summed E-state index contributed by atoms with van der Waals surface area (Å²) in [5.41, 5.74) is 1.06. The van der Waals surface area contributed by atoms with E-state index in [-0.39, 0.29) is 16.8 Å². The summed E-state index contributed by atoms with van der Waals surface area (Å²) < 4.78 is 9.75. The average Bonchev–Trinajstić information content (AvgIpc) is 2.66. The lowest BCUT2D eigenvalue weighted by molar-refractivity contribution is -0.112. The summed E-state index contributed by atoms with van der Waals surface area (Å²) in [7, 11) is 2.81. The average molecular weight is 336 g/mol. The minimum atomic E-state index is -0.616. The van der Waals surface area contributed by atoms with E-state index in [1.54, 1.807) is 49.6 Å². The first-order chi connectivity index (χ1) is 12.1. The molecule has 0 radical (unpaired) electrons. The highest BCUT2D eigenvalue weighted by Gasteiger charge is 2.15. The molecule has 2 aromatic carbocycles. The van der Waals surface area contributed by atoms with Gasteiger partial charge in [0.1, 0.15) is 17.4 Å². The Morgan fingerprint density at radius 1 is 1.08 bits per heavy atom. The van der Waals surface area contributed by atoms with Crippen molar-refractivity contribution in [2.24, 2.45) is 0 Å². The van der Waals surface area contributed by atoms with Gasteiger partial charge >= 0.3 is 5.97 Å². The van der Waals surface area contributed by atoms with E-state index in [0.29, 0.717) is 11.3 Å². The van der Waals surface area contributed by atoms with Crippen LogP contribution in [0.2, 0.25) is 0 Å². The normalized spacial score (nSPS) is 10.5. The van der Waals surface area contributed by atoms with Crippen LogP contribution >= 0.6 is 0 Å². The van der Waals surface area contributed by atoms with Crippen molar-refractivity contribution in [1.29, 1.82) is 5.26 Å². The van der Waals surface area contributed by atoms with E-state index in [4.69, 9.17) is 4.74 Å². The number of ether oxygens (including phenoxy) is 2. The summed E-state index contributed by atoms with van der Waals surface area (Å²) in [5, 5.41) is 11.8. The van der Waals surface area contributed by atoms with Gasteiger partial charge in [-0.05, 0) is 35.9 Å². The molecule has 0 spiro atoms. The lowest BCUT2D eigenvalue weighted by Gasteiger charge is -2.09. The second-order valence-corrected chi connectivity index (χ2v) is 4.93. The van der Waals surface area contributed by atoms with E-state index in [9.17, 15) is 14.9 Å². The van der Waals surface area contributed by atoms with Crippen LogP contribution in [0.3, 0.4) is 0 Å². The molecule has 126 valence electrons. The molecule has 0 bridgehead atoms. The van der Waals surface area contributed by atoms with E-state index >= 15 is 0 Å². The molecule has 0 saturated heterocycles. The number of amides is 1. The lowest BCUT2D eigenvalue weighted by Crippen LogP contribution is -2.16. The fraction of sp³-hybridized carbons (Fsp3) is 0.105. The molecule has 25 heavy (non-hydrogen) atoms. The zero-order chi connectivity index (χ0) is 18.2. The molecule has 0 aliphatic carbocycles.